The quantitative estimate of drug-likeness (QED) is 0.600. The van der Waals surface area contributed by atoms with E-state index in [9.17, 15) is 9.59 Å². The van der Waals surface area contributed by atoms with Crippen LogP contribution in [0.3, 0.4) is 0 Å². The third kappa shape index (κ3) is 5.83. The summed E-state index contributed by atoms with van der Waals surface area (Å²) < 4.78 is 5.72. The predicted molar refractivity (Wildman–Crippen MR) is 114 cm³/mol. The lowest BCUT2D eigenvalue weighted by atomic mass is 10.1. The van der Waals surface area contributed by atoms with Crippen LogP contribution in [0, 0.1) is 6.92 Å². The molecule has 0 unspecified atom stereocenters. The van der Waals surface area contributed by atoms with Gasteiger partial charge in [0.2, 0.25) is 5.91 Å². The maximum absolute atomic E-state index is 12.2. The van der Waals surface area contributed by atoms with Gasteiger partial charge in [-0.1, -0.05) is 48.0 Å². The number of carbonyl (C=O) groups is 2. The minimum atomic E-state index is -0.309. The van der Waals surface area contributed by atoms with Crippen molar-refractivity contribution < 1.29 is 14.3 Å². The Morgan fingerprint density at radius 2 is 1.62 bits per heavy atom. The van der Waals surface area contributed by atoms with Gasteiger partial charge in [-0.25, -0.2) is 0 Å². The summed E-state index contributed by atoms with van der Waals surface area (Å²) in [5.74, 6) is 0.0778. The summed E-state index contributed by atoms with van der Waals surface area (Å²) in [4.78, 5) is 24.3. The van der Waals surface area contributed by atoms with E-state index in [1.165, 1.54) is 0 Å². The van der Waals surface area contributed by atoms with E-state index in [0.29, 0.717) is 28.6 Å². The summed E-state index contributed by atoms with van der Waals surface area (Å²) in [6, 6.07) is 21.7. The van der Waals surface area contributed by atoms with Gasteiger partial charge in [0, 0.05) is 21.8 Å². The SMILES string of the molecule is Cc1ccccc1C(=O)NCC(=O)Nc1ccc(OCc2ccccc2Cl)cc1. The number of ether oxygens (including phenoxy) is 1. The highest BCUT2D eigenvalue weighted by atomic mass is 35.5. The molecule has 2 amide bonds. The van der Waals surface area contributed by atoms with Gasteiger partial charge in [0.15, 0.2) is 0 Å². The van der Waals surface area contributed by atoms with E-state index in [1.807, 2.05) is 43.3 Å². The zero-order chi connectivity index (χ0) is 20.6. The van der Waals surface area contributed by atoms with Gasteiger partial charge in [-0.15, -0.1) is 0 Å². The average Bonchev–Trinajstić information content (AvgIpc) is 2.73. The molecule has 3 aromatic rings. The molecule has 3 aromatic carbocycles. The van der Waals surface area contributed by atoms with Crippen molar-refractivity contribution in [2.45, 2.75) is 13.5 Å². The van der Waals surface area contributed by atoms with Gasteiger partial charge in [-0.3, -0.25) is 9.59 Å². The molecule has 0 spiro atoms. The van der Waals surface area contributed by atoms with Gasteiger partial charge in [0.1, 0.15) is 12.4 Å². The molecule has 0 saturated carbocycles. The third-order valence-electron chi connectivity index (χ3n) is 4.29. The highest BCUT2D eigenvalue weighted by Crippen LogP contribution is 2.20. The van der Waals surface area contributed by atoms with Crippen molar-refractivity contribution in [3.63, 3.8) is 0 Å². The number of carbonyl (C=O) groups excluding carboxylic acids is 2. The number of benzene rings is 3. The molecule has 0 aliphatic rings. The van der Waals surface area contributed by atoms with Crippen molar-refractivity contribution in [3.05, 3.63) is 94.5 Å². The van der Waals surface area contributed by atoms with Crippen LogP contribution in [0.25, 0.3) is 0 Å². The Bertz CT molecular complexity index is 1000. The molecular formula is C23H21ClN2O3. The molecule has 0 radical (unpaired) electrons. The molecule has 0 atom stereocenters. The Labute approximate surface area is 174 Å². The van der Waals surface area contributed by atoms with Gasteiger partial charge in [-0.05, 0) is 48.9 Å². The summed E-state index contributed by atoms with van der Waals surface area (Å²) in [6.07, 6.45) is 0. The van der Waals surface area contributed by atoms with Crippen LogP contribution in [0.15, 0.2) is 72.8 Å². The number of hydrogen-bond donors (Lipinski definition) is 2. The van der Waals surface area contributed by atoms with Crippen LogP contribution in [0.4, 0.5) is 5.69 Å². The van der Waals surface area contributed by atoms with Crippen molar-refractivity contribution in [3.8, 4) is 5.75 Å². The highest BCUT2D eigenvalue weighted by molar-refractivity contribution is 6.31. The first kappa shape index (κ1) is 20.4. The smallest absolute Gasteiger partial charge is 0.251 e. The standard InChI is InChI=1S/C23H21ClN2O3/c1-16-6-2-4-8-20(16)23(28)25-14-22(27)26-18-10-12-19(13-11-18)29-15-17-7-3-5-9-21(17)24/h2-13H,14-15H2,1H3,(H,25,28)(H,26,27). The fourth-order valence-corrected chi connectivity index (χ4v) is 2.89. The average molecular weight is 409 g/mol. The van der Waals surface area contributed by atoms with Crippen molar-refractivity contribution in [2.75, 3.05) is 11.9 Å². The third-order valence-corrected chi connectivity index (χ3v) is 4.66. The number of halogens is 1. The number of rotatable bonds is 7. The van der Waals surface area contributed by atoms with E-state index >= 15 is 0 Å². The minimum absolute atomic E-state index is 0.113. The molecule has 0 fully saturated rings. The van der Waals surface area contributed by atoms with Gasteiger partial charge in [-0.2, -0.15) is 0 Å². The molecule has 29 heavy (non-hydrogen) atoms. The van der Waals surface area contributed by atoms with E-state index in [-0.39, 0.29) is 18.4 Å². The fraction of sp³-hybridized carbons (Fsp3) is 0.130. The molecule has 6 heteroatoms. The summed E-state index contributed by atoms with van der Waals surface area (Å²) in [6.45, 7) is 2.10. The first-order chi connectivity index (χ1) is 14.0. The van der Waals surface area contributed by atoms with Gasteiger partial charge < -0.3 is 15.4 Å². The largest absolute Gasteiger partial charge is 0.489 e. The van der Waals surface area contributed by atoms with Gasteiger partial charge in [0.05, 0.1) is 6.54 Å². The maximum atomic E-state index is 12.2. The van der Waals surface area contributed by atoms with Crippen LogP contribution in [0.5, 0.6) is 5.75 Å². The fourth-order valence-electron chi connectivity index (χ4n) is 2.70. The van der Waals surface area contributed by atoms with Gasteiger partial charge >= 0.3 is 0 Å². The number of hydrogen-bond acceptors (Lipinski definition) is 3. The van der Waals surface area contributed by atoms with Crippen LogP contribution in [0.2, 0.25) is 5.02 Å². The first-order valence-electron chi connectivity index (χ1n) is 9.13. The van der Waals surface area contributed by atoms with E-state index in [1.54, 1.807) is 36.4 Å². The van der Waals surface area contributed by atoms with Crippen molar-refractivity contribution >= 4 is 29.1 Å². The lowest BCUT2D eigenvalue weighted by Gasteiger charge is -2.10. The lowest BCUT2D eigenvalue weighted by Crippen LogP contribution is -2.33. The summed E-state index contributed by atoms with van der Waals surface area (Å²) in [5, 5.41) is 6.03. The van der Waals surface area contributed by atoms with Crippen LogP contribution in [0.1, 0.15) is 21.5 Å². The predicted octanol–water partition coefficient (Wildman–Crippen LogP) is 4.60. The Balaban J connectivity index is 1.48. The second kappa shape index (κ2) is 9.75. The molecule has 0 aromatic heterocycles. The topological polar surface area (TPSA) is 67.4 Å². The molecule has 0 bridgehead atoms. The molecule has 3 rings (SSSR count). The van der Waals surface area contributed by atoms with E-state index < -0.39 is 0 Å². The highest BCUT2D eigenvalue weighted by Gasteiger charge is 2.10. The Kier molecular flexibility index (Phi) is 6.87. The van der Waals surface area contributed by atoms with Gasteiger partial charge in [0.25, 0.3) is 5.91 Å². The number of nitrogens with one attached hydrogen (secondary N) is 2. The van der Waals surface area contributed by atoms with E-state index in [4.69, 9.17) is 16.3 Å². The first-order valence-corrected chi connectivity index (χ1v) is 9.50. The number of aryl methyl sites for hydroxylation is 1. The number of anilines is 1. The van der Waals surface area contributed by atoms with Crippen molar-refractivity contribution in [1.82, 2.24) is 5.32 Å². The summed E-state index contributed by atoms with van der Waals surface area (Å²) >= 11 is 6.12. The van der Waals surface area contributed by atoms with E-state index in [2.05, 4.69) is 10.6 Å². The van der Waals surface area contributed by atoms with Crippen LogP contribution < -0.4 is 15.4 Å². The molecule has 2 N–H and O–H groups in total. The Morgan fingerprint density at radius 1 is 0.931 bits per heavy atom. The normalized spacial score (nSPS) is 10.3. The summed E-state index contributed by atoms with van der Waals surface area (Å²) in [7, 11) is 0. The molecule has 0 aliphatic heterocycles. The maximum Gasteiger partial charge on any atom is 0.251 e. The minimum Gasteiger partial charge on any atom is -0.489 e. The Hall–Kier alpha value is -3.31. The zero-order valence-corrected chi connectivity index (χ0v) is 16.7. The molecule has 0 saturated heterocycles. The van der Waals surface area contributed by atoms with Crippen molar-refractivity contribution in [2.24, 2.45) is 0 Å². The zero-order valence-electron chi connectivity index (χ0n) is 15.9. The van der Waals surface area contributed by atoms with Crippen LogP contribution in [-0.2, 0) is 11.4 Å². The Morgan fingerprint density at radius 3 is 2.34 bits per heavy atom. The second-order valence-electron chi connectivity index (χ2n) is 6.45. The molecule has 5 nitrogen and oxygen atoms in total. The van der Waals surface area contributed by atoms with E-state index in [0.717, 1.165) is 11.1 Å². The molecule has 0 aliphatic carbocycles. The second-order valence-corrected chi connectivity index (χ2v) is 6.86. The van der Waals surface area contributed by atoms with Crippen LogP contribution in [-0.4, -0.2) is 18.4 Å². The monoisotopic (exact) mass is 408 g/mol. The van der Waals surface area contributed by atoms with Crippen molar-refractivity contribution in [1.29, 1.82) is 0 Å². The lowest BCUT2D eigenvalue weighted by molar-refractivity contribution is -0.115. The molecular weight excluding hydrogens is 388 g/mol. The van der Waals surface area contributed by atoms with Crippen LogP contribution >= 0.6 is 11.6 Å². The molecule has 148 valence electrons. The molecule has 0 heterocycles. The number of amides is 2. The summed E-state index contributed by atoms with van der Waals surface area (Å²) in [5.41, 5.74) is 2.93.